The number of benzene rings is 2. The van der Waals surface area contributed by atoms with E-state index in [-0.39, 0.29) is 31.1 Å². The molecule has 3 rings (SSSR count). The van der Waals surface area contributed by atoms with Gasteiger partial charge in [0.15, 0.2) is 0 Å². The molecule has 0 aromatic heterocycles. The minimum absolute atomic E-state index is 0.00260. The average molecular weight is 432 g/mol. The van der Waals surface area contributed by atoms with E-state index in [4.69, 9.17) is 4.74 Å². The van der Waals surface area contributed by atoms with Crippen molar-refractivity contribution in [1.29, 1.82) is 0 Å². The maximum atomic E-state index is 14.6. The number of hydrogen-bond acceptors (Lipinski definition) is 4. The summed E-state index contributed by atoms with van der Waals surface area (Å²) in [5, 5.41) is 7.55. The van der Waals surface area contributed by atoms with Gasteiger partial charge in [0.25, 0.3) is 0 Å². The summed E-state index contributed by atoms with van der Waals surface area (Å²) in [7, 11) is 0. The molecule has 2 atom stereocenters. The molecule has 1 heterocycles. The molecule has 31 heavy (non-hydrogen) atoms. The van der Waals surface area contributed by atoms with Crippen molar-refractivity contribution in [3.8, 4) is 0 Å². The molecule has 0 bridgehead atoms. The number of morpholine rings is 1. The molecule has 3 amide bonds. The predicted octanol–water partition coefficient (Wildman–Crippen LogP) is 3.02. The minimum atomic E-state index is -0.545. The van der Waals surface area contributed by atoms with Crippen molar-refractivity contribution in [2.45, 2.75) is 32.6 Å². The summed E-state index contributed by atoms with van der Waals surface area (Å²) in [6.45, 7) is 4.97. The molecule has 0 spiro atoms. The van der Waals surface area contributed by atoms with Crippen LogP contribution in [0.15, 0.2) is 42.5 Å². The van der Waals surface area contributed by atoms with Crippen molar-refractivity contribution in [2.75, 3.05) is 29.9 Å². The van der Waals surface area contributed by atoms with Crippen molar-refractivity contribution in [3.63, 3.8) is 0 Å². The first kappa shape index (κ1) is 22.5. The van der Waals surface area contributed by atoms with Gasteiger partial charge in [-0.25, -0.2) is 13.6 Å². The standard InChI is InChI=1S/C22H26F2N4O3/c1-14-12-28(13-15(2)31-14)20-8-7-18(9-19(20)24)27-21(29)11-26-22(30)25-10-16-3-5-17(23)6-4-16/h3-9,14-15H,10-13H2,1-2H3,(H,27,29)(H2,25,26,30). The molecule has 1 saturated heterocycles. The second-order valence-corrected chi connectivity index (χ2v) is 7.54. The minimum Gasteiger partial charge on any atom is -0.372 e. The van der Waals surface area contributed by atoms with Crippen molar-refractivity contribution >= 4 is 23.3 Å². The van der Waals surface area contributed by atoms with E-state index in [1.54, 1.807) is 24.3 Å². The number of carbonyl (C=O) groups excluding carboxylic acids is 2. The number of halogens is 2. The smallest absolute Gasteiger partial charge is 0.315 e. The molecule has 2 aromatic rings. The molecule has 1 fully saturated rings. The van der Waals surface area contributed by atoms with Crippen molar-refractivity contribution in [2.24, 2.45) is 0 Å². The van der Waals surface area contributed by atoms with Gasteiger partial charge in [0.05, 0.1) is 24.4 Å². The zero-order valence-corrected chi connectivity index (χ0v) is 17.5. The van der Waals surface area contributed by atoms with Crippen LogP contribution in [0.25, 0.3) is 0 Å². The van der Waals surface area contributed by atoms with Gasteiger partial charge in [0.2, 0.25) is 5.91 Å². The van der Waals surface area contributed by atoms with Gasteiger partial charge in [-0.05, 0) is 49.7 Å². The van der Waals surface area contributed by atoms with Crippen molar-refractivity contribution in [3.05, 3.63) is 59.7 Å². The Morgan fingerprint density at radius 2 is 1.71 bits per heavy atom. The number of nitrogens with one attached hydrogen (secondary N) is 3. The van der Waals surface area contributed by atoms with Gasteiger partial charge >= 0.3 is 6.03 Å². The molecule has 0 radical (unpaired) electrons. The molecule has 1 aliphatic rings. The highest BCUT2D eigenvalue weighted by Gasteiger charge is 2.24. The summed E-state index contributed by atoms with van der Waals surface area (Å²) in [6.07, 6.45) is 0.00520. The Morgan fingerprint density at radius 3 is 2.35 bits per heavy atom. The molecule has 2 unspecified atom stereocenters. The lowest BCUT2D eigenvalue weighted by Gasteiger charge is -2.37. The van der Waals surface area contributed by atoms with Crippen LogP contribution in [0.4, 0.5) is 25.0 Å². The van der Waals surface area contributed by atoms with Gasteiger partial charge in [-0.1, -0.05) is 12.1 Å². The molecule has 7 nitrogen and oxygen atoms in total. The summed E-state index contributed by atoms with van der Waals surface area (Å²) in [5.74, 6) is -1.29. The van der Waals surface area contributed by atoms with Gasteiger partial charge in [0, 0.05) is 25.3 Å². The fourth-order valence-corrected chi connectivity index (χ4v) is 3.43. The SMILES string of the molecule is CC1CN(c2ccc(NC(=O)CNC(=O)NCc3ccc(F)cc3)cc2F)CC(C)O1. The van der Waals surface area contributed by atoms with E-state index in [9.17, 15) is 18.4 Å². The van der Waals surface area contributed by atoms with Gasteiger partial charge in [-0.15, -0.1) is 0 Å². The zero-order valence-electron chi connectivity index (χ0n) is 17.5. The molecule has 9 heteroatoms. The van der Waals surface area contributed by atoms with Gasteiger partial charge in [-0.3, -0.25) is 4.79 Å². The Morgan fingerprint density at radius 1 is 1.03 bits per heavy atom. The number of hydrogen-bond donors (Lipinski definition) is 3. The third-order valence-electron chi connectivity index (χ3n) is 4.77. The average Bonchev–Trinajstić information content (AvgIpc) is 2.71. The summed E-state index contributed by atoms with van der Waals surface area (Å²) in [4.78, 5) is 25.8. The second kappa shape index (κ2) is 10.2. The highest BCUT2D eigenvalue weighted by molar-refractivity contribution is 5.94. The first-order chi connectivity index (χ1) is 14.8. The number of anilines is 2. The summed E-state index contributed by atoms with van der Waals surface area (Å²) in [5.41, 5.74) is 1.48. The van der Waals surface area contributed by atoms with E-state index in [0.29, 0.717) is 24.5 Å². The maximum absolute atomic E-state index is 14.6. The lowest BCUT2D eigenvalue weighted by Crippen LogP contribution is -2.45. The van der Waals surface area contributed by atoms with Crippen molar-refractivity contribution < 1.29 is 23.1 Å². The summed E-state index contributed by atoms with van der Waals surface area (Å²) in [6, 6.07) is 9.66. The number of nitrogens with zero attached hydrogens (tertiary/aromatic N) is 1. The largest absolute Gasteiger partial charge is 0.372 e. The predicted molar refractivity (Wildman–Crippen MR) is 114 cm³/mol. The maximum Gasteiger partial charge on any atom is 0.315 e. The normalized spacial score (nSPS) is 18.4. The van der Waals surface area contributed by atoms with Crippen LogP contribution in [0.2, 0.25) is 0 Å². The first-order valence-corrected chi connectivity index (χ1v) is 10.1. The second-order valence-electron chi connectivity index (χ2n) is 7.54. The van der Waals surface area contributed by atoms with Crippen LogP contribution in [0.1, 0.15) is 19.4 Å². The van der Waals surface area contributed by atoms with E-state index < -0.39 is 17.8 Å². The third kappa shape index (κ3) is 6.65. The number of amides is 3. The Labute approximate surface area is 179 Å². The number of urea groups is 1. The quantitative estimate of drug-likeness (QED) is 0.655. The Bertz CT molecular complexity index is 913. The van der Waals surface area contributed by atoms with Crippen LogP contribution in [0, 0.1) is 11.6 Å². The Kier molecular flexibility index (Phi) is 7.41. The van der Waals surface area contributed by atoms with Crippen LogP contribution in [0.3, 0.4) is 0 Å². The molecular formula is C22H26F2N4O3. The van der Waals surface area contributed by atoms with Crippen LogP contribution >= 0.6 is 0 Å². The van der Waals surface area contributed by atoms with Gasteiger partial charge < -0.3 is 25.6 Å². The summed E-state index contributed by atoms with van der Waals surface area (Å²) >= 11 is 0. The lowest BCUT2D eigenvalue weighted by molar-refractivity contribution is -0.115. The number of carbonyl (C=O) groups is 2. The highest BCUT2D eigenvalue weighted by atomic mass is 19.1. The molecule has 0 saturated carbocycles. The molecular weight excluding hydrogens is 406 g/mol. The Hall–Kier alpha value is -3.20. The monoisotopic (exact) mass is 432 g/mol. The Balaban J connectivity index is 1.46. The van der Waals surface area contributed by atoms with E-state index in [0.717, 1.165) is 5.56 Å². The lowest BCUT2D eigenvalue weighted by atomic mass is 10.2. The fraction of sp³-hybridized carbons (Fsp3) is 0.364. The fourth-order valence-electron chi connectivity index (χ4n) is 3.43. The first-order valence-electron chi connectivity index (χ1n) is 10.1. The summed E-state index contributed by atoms with van der Waals surface area (Å²) < 4.78 is 33.1. The van der Waals surface area contributed by atoms with Crippen LogP contribution in [0.5, 0.6) is 0 Å². The number of rotatable bonds is 6. The van der Waals surface area contributed by atoms with E-state index in [1.165, 1.54) is 18.2 Å². The number of ether oxygens (including phenoxy) is 1. The van der Waals surface area contributed by atoms with E-state index in [2.05, 4.69) is 16.0 Å². The van der Waals surface area contributed by atoms with Gasteiger partial charge in [-0.2, -0.15) is 0 Å². The molecule has 1 aliphatic heterocycles. The van der Waals surface area contributed by atoms with Crippen LogP contribution in [-0.4, -0.2) is 43.8 Å². The van der Waals surface area contributed by atoms with Gasteiger partial charge in [0.1, 0.15) is 11.6 Å². The van der Waals surface area contributed by atoms with Crippen LogP contribution < -0.4 is 20.9 Å². The highest BCUT2D eigenvalue weighted by Crippen LogP contribution is 2.26. The van der Waals surface area contributed by atoms with Crippen LogP contribution in [-0.2, 0) is 16.1 Å². The topological polar surface area (TPSA) is 82.7 Å². The van der Waals surface area contributed by atoms with E-state index in [1.807, 2.05) is 18.7 Å². The third-order valence-corrected chi connectivity index (χ3v) is 4.77. The zero-order chi connectivity index (χ0) is 22.4. The molecule has 166 valence electrons. The van der Waals surface area contributed by atoms with E-state index >= 15 is 0 Å². The molecule has 3 N–H and O–H groups in total. The molecule has 2 aromatic carbocycles. The van der Waals surface area contributed by atoms with Crippen molar-refractivity contribution in [1.82, 2.24) is 10.6 Å². The molecule has 0 aliphatic carbocycles.